The third-order valence-corrected chi connectivity index (χ3v) is 5.09. The molecule has 0 spiro atoms. The maximum atomic E-state index is 12.1. The van der Waals surface area contributed by atoms with Crippen LogP contribution >= 0.6 is 0 Å². The molecule has 152 valence electrons. The van der Waals surface area contributed by atoms with E-state index >= 15 is 0 Å². The molecular weight excluding hydrogens is 382 g/mol. The van der Waals surface area contributed by atoms with E-state index in [-0.39, 0.29) is 37.0 Å². The number of aromatic carboxylic acids is 1. The summed E-state index contributed by atoms with van der Waals surface area (Å²) in [7, 11) is 0. The maximum absolute atomic E-state index is 12.1. The highest BCUT2D eigenvalue weighted by Gasteiger charge is 2.28. The molecule has 0 radical (unpaired) electrons. The molecule has 0 saturated carbocycles. The van der Waals surface area contributed by atoms with Gasteiger partial charge in [-0.3, -0.25) is 0 Å². The Bertz CT molecular complexity index is 1030. The van der Waals surface area contributed by atoms with Gasteiger partial charge in [0.05, 0.1) is 6.54 Å². The zero-order chi connectivity index (χ0) is 20.9. The van der Waals surface area contributed by atoms with Gasteiger partial charge >= 0.3 is 12.1 Å². The molecule has 4 rings (SSSR count). The van der Waals surface area contributed by atoms with Crippen molar-refractivity contribution in [3.8, 4) is 16.9 Å². The summed E-state index contributed by atoms with van der Waals surface area (Å²) in [4.78, 5) is 23.3. The van der Waals surface area contributed by atoms with Crippen LogP contribution < -0.4 is 10.1 Å². The number of hydrogen-bond donors (Lipinski definition) is 2. The third kappa shape index (κ3) is 3.98. The quantitative estimate of drug-likeness (QED) is 0.575. The van der Waals surface area contributed by atoms with Crippen molar-refractivity contribution in [1.82, 2.24) is 5.32 Å². The monoisotopic (exact) mass is 403 g/mol. The molecule has 0 unspecified atom stereocenters. The summed E-state index contributed by atoms with van der Waals surface area (Å²) in [6, 6.07) is 22.7. The van der Waals surface area contributed by atoms with Crippen LogP contribution in [-0.2, 0) is 4.74 Å². The van der Waals surface area contributed by atoms with E-state index in [2.05, 4.69) is 29.6 Å². The van der Waals surface area contributed by atoms with Crippen LogP contribution in [0.15, 0.2) is 72.8 Å². The first-order valence-electron chi connectivity index (χ1n) is 9.69. The Hall–Kier alpha value is -3.80. The Morgan fingerprint density at radius 2 is 1.47 bits per heavy atom. The molecule has 0 saturated heterocycles. The summed E-state index contributed by atoms with van der Waals surface area (Å²) in [6.45, 7) is 0.571. The third-order valence-electron chi connectivity index (χ3n) is 5.09. The lowest BCUT2D eigenvalue weighted by Crippen LogP contribution is -2.30. The SMILES string of the molecule is O=C(NCCOc1ccccc1C(=O)O)OCC1c2ccccc2-c2ccccc21. The average Bonchev–Trinajstić information content (AvgIpc) is 3.09. The molecule has 0 bridgehead atoms. The van der Waals surface area contributed by atoms with Crippen molar-refractivity contribution < 1.29 is 24.2 Å². The van der Waals surface area contributed by atoms with Gasteiger partial charge in [-0.15, -0.1) is 0 Å². The second kappa shape index (κ2) is 8.69. The number of benzene rings is 3. The minimum atomic E-state index is -1.06. The number of carboxylic acids is 1. The topological polar surface area (TPSA) is 84.9 Å². The molecule has 3 aromatic carbocycles. The first-order chi connectivity index (χ1) is 14.6. The average molecular weight is 403 g/mol. The van der Waals surface area contributed by atoms with E-state index in [1.54, 1.807) is 18.2 Å². The van der Waals surface area contributed by atoms with Crippen molar-refractivity contribution in [2.45, 2.75) is 5.92 Å². The minimum Gasteiger partial charge on any atom is -0.491 e. The maximum Gasteiger partial charge on any atom is 0.407 e. The largest absolute Gasteiger partial charge is 0.491 e. The van der Waals surface area contributed by atoms with Crippen LogP contribution in [0.25, 0.3) is 11.1 Å². The first kappa shape index (κ1) is 19.5. The lowest BCUT2D eigenvalue weighted by molar-refractivity contribution is 0.0692. The number of amides is 1. The van der Waals surface area contributed by atoms with Gasteiger partial charge in [0.15, 0.2) is 0 Å². The Morgan fingerprint density at radius 3 is 2.13 bits per heavy atom. The molecule has 1 amide bonds. The second-order valence-electron chi connectivity index (χ2n) is 6.90. The molecule has 3 aromatic rings. The highest BCUT2D eigenvalue weighted by atomic mass is 16.5. The number of para-hydroxylation sites is 1. The van der Waals surface area contributed by atoms with Gasteiger partial charge in [0.1, 0.15) is 24.5 Å². The highest BCUT2D eigenvalue weighted by Crippen LogP contribution is 2.44. The van der Waals surface area contributed by atoms with Crippen molar-refractivity contribution in [3.05, 3.63) is 89.5 Å². The summed E-state index contributed by atoms with van der Waals surface area (Å²) in [5.74, 6) is -0.795. The molecule has 2 N–H and O–H groups in total. The highest BCUT2D eigenvalue weighted by molar-refractivity contribution is 5.90. The smallest absolute Gasteiger partial charge is 0.407 e. The molecule has 0 aliphatic heterocycles. The first-order valence-corrected chi connectivity index (χ1v) is 9.69. The van der Waals surface area contributed by atoms with Gasteiger partial charge in [0, 0.05) is 5.92 Å². The molecule has 6 nitrogen and oxygen atoms in total. The molecule has 1 aliphatic carbocycles. The molecule has 30 heavy (non-hydrogen) atoms. The summed E-state index contributed by atoms with van der Waals surface area (Å²) in [5, 5.41) is 11.8. The van der Waals surface area contributed by atoms with Crippen LogP contribution in [0, 0.1) is 0 Å². The number of carbonyl (C=O) groups excluding carboxylic acids is 1. The number of hydrogen-bond acceptors (Lipinski definition) is 4. The lowest BCUT2D eigenvalue weighted by atomic mass is 9.98. The molecule has 0 heterocycles. The van der Waals surface area contributed by atoms with Crippen LogP contribution in [0.1, 0.15) is 27.4 Å². The van der Waals surface area contributed by atoms with Crippen molar-refractivity contribution in [1.29, 1.82) is 0 Å². The van der Waals surface area contributed by atoms with Gasteiger partial charge in [0.2, 0.25) is 0 Å². The lowest BCUT2D eigenvalue weighted by Gasteiger charge is -2.15. The summed E-state index contributed by atoms with van der Waals surface area (Å²) in [5.41, 5.74) is 4.74. The number of fused-ring (bicyclic) bond motifs is 3. The van der Waals surface area contributed by atoms with E-state index in [9.17, 15) is 9.59 Å². The number of alkyl carbamates (subject to hydrolysis) is 1. The van der Waals surface area contributed by atoms with Gasteiger partial charge < -0.3 is 19.9 Å². The molecule has 0 fully saturated rings. The van der Waals surface area contributed by atoms with Crippen LogP contribution in [0.4, 0.5) is 4.79 Å². The van der Waals surface area contributed by atoms with E-state index in [0.717, 1.165) is 11.1 Å². The fourth-order valence-electron chi connectivity index (χ4n) is 3.73. The van der Waals surface area contributed by atoms with Crippen LogP contribution in [0.3, 0.4) is 0 Å². The van der Waals surface area contributed by atoms with Crippen molar-refractivity contribution in [3.63, 3.8) is 0 Å². The number of rotatable bonds is 7. The van der Waals surface area contributed by atoms with Crippen LogP contribution in [0.5, 0.6) is 5.75 Å². The molecule has 0 aromatic heterocycles. The number of ether oxygens (including phenoxy) is 2. The van der Waals surface area contributed by atoms with Crippen LogP contribution in [0.2, 0.25) is 0 Å². The Kier molecular flexibility index (Phi) is 5.66. The van der Waals surface area contributed by atoms with E-state index < -0.39 is 12.1 Å². The summed E-state index contributed by atoms with van der Waals surface area (Å²) in [6.07, 6.45) is -0.535. The molecular formula is C24H21NO5. The van der Waals surface area contributed by atoms with Crippen LogP contribution in [-0.4, -0.2) is 36.9 Å². The molecule has 0 atom stereocenters. The Morgan fingerprint density at radius 1 is 0.867 bits per heavy atom. The normalized spacial score (nSPS) is 12.0. The van der Waals surface area contributed by atoms with Gasteiger partial charge in [-0.05, 0) is 34.4 Å². The fraction of sp³-hybridized carbons (Fsp3) is 0.167. The van der Waals surface area contributed by atoms with Crippen molar-refractivity contribution in [2.75, 3.05) is 19.8 Å². The Labute approximate surface area is 174 Å². The van der Waals surface area contributed by atoms with E-state index in [4.69, 9.17) is 14.6 Å². The van der Waals surface area contributed by atoms with E-state index in [0.29, 0.717) is 0 Å². The minimum absolute atomic E-state index is 0.00171. The standard InChI is InChI=1S/C24H21NO5/c26-23(27)20-11-5-6-12-22(20)29-14-13-25-24(28)30-15-21-18-9-3-1-7-16(18)17-8-2-4-10-19(17)21/h1-12,21H,13-15H2,(H,25,28)(H,26,27). The number of carbonyl (C=O) groups is 2. The molecule has 1 aliphatic rings. The van der Waals surface area contributed by atoms with Gasteiger partial charge in [0.25, 0.3) is 0 Å². The van der Waals surface area contributed by atoms with E-state index in [1.165, 1.54) is 17.2 Å². The number of nitrogens with one attached hydrogen (secondary N) is 1. The zero-order valence-corrected chi connectivity index (χ0v) is 16.2. The van der Waals surface area contributed by atoms with Gasteiger partial charge in [-0.25, -0.2) is 9.59 Å². The fourth-order valence-corrected chi connectivity index (χ4v) is 3.73. The van der Waals surface area contributed by atoms with Gasteiger partial charge in [-0.2, -0.15) is 0 Å². The molecule has 6 heteroatoms. The predicted molar refractivity (Wildman–Crippen MR) is 112 cm³/mol. The van der Waals surface area contributed by atoms with Crippen molar-refractivity contribution in [2.24, 2.45) is 0 Å². The zero-order valence-electron chi connectivity index (χ0n) is 16.2. The summed E-state index contributed by atoms with van der Waals surface area (Å²) >= 11 is 0. The summed E-state index contributed by atoms with van der Waals surface area (Å²) < 4.78 is 10.9. The second-order valence-corrected chi connectivity index (χ2v) is 6.90. The Balaban J connectivity index is 1.29. The number of carboxylic acid groups (broad SMARTS) is 1. The predicted octanol–water partition coefficient (Wildman–Crippen LogP) is 4.30. The van der Waals surface area contributed by atoms with Gasteiger partial charge in [-0.1, -0.05) is 60.7 Å². The van der Waals surface area contributed by atoms with E-state index in [1.807, 2.05) is 24.3 Å². The van der Waals surface area contributed by atoms with Crippen molar-refractivity contribution >= 4 is 12.1 Å².